The van der Waals surface area contributed by atoms with Crippen molar-refractivity contribution in [1.82, 2.24) is 10.2 Å². The molecule has 110 valence electrons. The van der Waals surface area contributed by atoms with Crippen molar-refractivity contribution in [1.29, 1.82) is 0 Å². The largest absolute Gasteiger partial charge is 0.352 e. The average Bonchev–Trinajstić information content (AvgIpc) is 2.44. The molecule has 1 amide bonds. The molecule has 1 saturated heterocycles. The van der Waals surface area contributed by atoms with Gasteiger partial charge >= 0.3 is 0 Å². The summed E-state index contributed by atoms with van der Waals surface area (Å²) in [6.45, 7) is 6.20. The van der Waals surface area contributed by atoms with Gasteiger partial charge in [0.05, 0.1) is 5.25 Å². The van der Waals surface area contributed by atoms with Crippen molar-refractivity contribution in [3.8, 4) is 0 Å². The summed E-state index contributed by atoms with van der Waals surface area (Å²) >= 11 is 1.63. The summed E-state index contributed by atoms with van der Waals surface area (Å²) in [7, 11) is 2.13. The zero-order chi connectivity index (χ0) is 14.5. The molecule has 1 N–H and O–H groups in total. The van der Waals surface area contributed by atoms with E-state index >= 15 is 0 Å². The maximum atomic E-state index is 12.2. The lowest BCUT2D eigenvalue weighted by atomic mass is 10.1. The summed E-state index contributed by atoms with van der Waals surface area (Å²) in [4.78, 5) is 15.7. The van der Waals surface area contributed by atoms with Crippen LogP contribution in [0.1, 0.15) is 25.3 Å². The summed E-state index contributed by atoms with van der Waals surface area (Å²) < 4.78 is 0. The molecule has 2 rings (SSSR count). The van der Waals surface area contributed by atoms with Gasteiger partial charge in [-0.25, -0.2) is 0 Å². The number of nitrogens with one attached hydrogen (secondary N) is 1. The molecule has 1 aliphatic rings. The third-order valence-corrected chi connectivity index (χ3v) is 4.88. The zero-order valence-electron chi connectivity index (χ0n) is 12.6. The third kappa shape index (κ3) is 4.53. The van der Waals surface area contributed by atoms with Crippen molar-refractivity contribution in [2.24, 2.45) is 0 Å². The molecule has 20 heavy (non-hydrogen) atoms. The Morgan fingerprint density at radius 2 is 1.90 bits per heavy atom. The molecule has 0 spiro atoms. The van der Waals surface area contributed by atoms with Crippen molar-refractivity contribution in [2.45, 2.75) is 42.9 Å². The maximum Gasteiger partial charge on any atom is 0.233 e. The monoisotopic (exact) mass is 292 g/mol. The molecule has 4 heteroatoms. The fourth-order valence-corrected chi connectivity index (χ4v) is 3.22. The molecule has 1 aliphatic heterocycles. The fraction of sp³-hybridized carbons (Fsp3) is 0.562. The Labute approximate surface area is 126 Å². The van der Waals surface area contributed by atoms with Gasteiger partial charge in [0.15, 0.2) is 0 Å². The average molecular weight is 292 g/mol. The first-order valence-electron chi connectivity index (χ1n) is 7.27. The minimum absolute atomic E-state index is 0.0441. The van der Waals surface area contributed by atoms with Crippen molar-refractivity contribution in [2.75, 3.05) is 20.1 Å². The van der Waals surface area contributed by atoms with E-state index in [4.69, 9.17) is 0 Å². The van der Waals surface area contributed by atoms with Gasteiger partial charge in [-0.15, -0.1) is 11.8 Å². The number of piperidine rings is 1. The molecule has 3 nitrogen and oxygen atoms in total. The van der Waals surface area contributed by atoms with Gasteiger partial charge in [-0.2, -0.15) is 0 Å². The molecular formula is C16H24N2OS. The first-order valence-corrected chi connectivity index (χ1v) is 8.15. The van der Waals surface area contributed by atoms with E-state index in [1.54, 1.807) is 11.8 Å². The number of likely N-dealkylation sites (tertiary alicyclic amines) is 1. The van der Waals surface area contributed by atoms with Gasteiger partial charge in [-0.05, 0) is 59.0 Å². The lowest BCUT2D eigenvalue weighted by molar-refractivity contribution is -0.121. The molecule has 0 bridgehead atoms. The van der Waals surface area contributed by atoms with Crippen LogP contribution in [0.3, 0.4) is 0 Å². The van der Waals surface area contributed by atoms with Crippen molar-refractivity contribution < 1.29 is 4.79 Å². The van der Waals surface area contributed by atoms with Crippen LogP contribution in [-0.2, 0) is 4.79 Å². The van der Waals surface area contributed by atoms with E-state index in [0.29, 0.717) is 6.04 Å². The highest BCUT2D eigenvalue weighted by Crippen LogP contribution is 2.23. The number of amides is 1. The Morgan fingerprint density at radius 1 is 1.30 bits per heavy atom. The summed E-state index contributed by atoms with van der Waals surface area (Å²) in [5.41, 5.74) is 1.25. The molecule has 0 saturated carbocycles. The summed E-state index contributed by atoms with van der Waals surface area (Å²) in [6, 6.07) is 8.69. The molecular weight excluding hydrogens is 268 g/mol. The zero-order valence-corrected chi connectivity index (χ0v) is 13.4. The predicted molar refractivity (Wildman–Crippen MR) is 85.2 cm³/mol. The lowest BCUT2D eigenvalue weighted by Gasteiger charge is -2.30. The molecule has 1 atom stereocenters. The number of hydrogen-bond acceptors (Lipinski definition) is 3. The minimum atomic E-state index is -0.0441. The van der Waals surface area contributed by atoms with E-state index in [0.717, 1.165) is 30.8 Å². The van der Waals surface area contributed by atoms with Crippen LogP contribution in [0.25, 0.3) is 0 Å². The summed E-state index contributed by atoms with van der Waals surface area (Å²) in [6.07, 6.45) is 2.12. The number of hydrogen-bond donors (Lipinski definition) is 1. The maximum absolute atomic E-state index is 12.2. The first-order chi connectivity index (χ1) is 9.54. The van der Waals surface area contributed by atoms with E-state index < -0.39 is 0 Å². The van der Waals surface area contributed by atoms with Crippen LogP contribution in [0.15, 0.2) is 29.2 Å². The van der Waals surface area contributed by atoms with Crippen LogP contribution in [-0.4, -0.2) is 42.2 Å². The highest BCUT2D eigenvalue weighted by molar-refractivity contribution is 8.00. The third-order valence-electron chi connectivity index (χ3n) is 3.77. The number of rotatable bonds is 4. The molecule has 0 aliphatic carbocycles. The normalized spacial score (nSPS) is 18.8. The summed E-state index contributed by atoms with van der Waals surface area (Å²) in [5.74, 6) is 0.158. The van der Waals surface area contributed by atoms with Crippen LogP contribution in [0.2, 0.25) is 0 Å². The van der Waals surface area contributed by atoms with Gasteiger partial charge in [-0.3, -0.25) is 4.79 Å². The van der Waals surface area contributed by atoms with Crippen LogP contribution in [0, 0.1) is 6.92 Å². The van der Waals surface area contributed by atoms with Gasteiger partial charge in [0, 0.05) is 10.9 Å². The smallest absolute Gasteiger partial charge is 0.233 e. The van der Waals surface area contributed by atoms with E-state index in [1.165, 1.54) is 5.56 Å². The molecule has 1 aromatic rings. The predicted octanol–water partition coefficient (Wildman–Crippen LogP) is 2.69. The number of nitrogens with zero attached hydrogens (tertiary/aromatic N) is 1. The van der Waals surface area contributed by atoms with Crippen LogP contribution < -0.4 is 5.32 Å². The summed E-state index contributed by atoms with van der Waals surface area (Å²) in [5, 5.41) is 3.14. The Kier molecular flexibility index (Phi) is 5.49. The molecule has 1 fully saturated rings. The Balaban J connectivity index is 1.81. The van der Waals surface area contributed by atoms with Gasteiger partial charge in [0.2, 0.25) is 5.91 Å². The Bertz CT molecular complexity index is 438. The molecule has 1 aromatic carbocycles. The first kappa shape index (κ1) is 15.4. The SMILES string of the molecule is Cc1ccc(S[C@@H](C)C(=O)NC2CCN(C)CC2)cc1. The number of benzene rings is 1. The topological polar surface area (TPSA) is 32.3 Å². The molecule has 1 heterocycles. The van der Waals surface area contributed by atoms with E-state index in [1.807, 2.05) is 6.92 Å². The molecule has 0 radical (unpaired) electrons. The van der Waals surface area contributed by atoms with E-state index in [2.05, 4.69) is 48.5 Å². The van der Waals surface area contributed by atoms with Crippen molar-refractivity contribution in [3.05, 3.63) is 29.8 Å². The van der Waals surface area contributed by atoms with Crippen LogP contribution in [0.5, 0.6) is 0 Å². The second-order valence-electron chi connectivity index (χ2n) is 5.66. The molecule has 0 aromatic heterocycles. The van der Waals surface area contributed by atoms with Crippen LogP contribution >= 0.6 is 11.8 Å². The highest BCUT2D eigenvalue weighted by atomic mass is 32.2. The second kappa shape index (κ2) is 7.14. The van der Waals surface area contributed by atoms with E-state index in [9.17, 15) is 4.79 Å². The molecule has 0 unspecified atom stereocenters. The Hall–Kier alpha value is -1.00. The second-order valence-corrected chi connectivity index (χ2v) is 7.07. The standard InChI is InChI=1S/C16H24N2OS/c1-12-4-6-15(7-5-12)20-13(2)16(19)17-14-8-10-18(3)11-9-14/h4-7,13-14H,8-11H2,1-3H3,(H,17,19)/t13-/m0/s1. The number of carbonyl (C=O) groups is 1. The number of thioether (sulfide) groups is 1. The van der Waals surface area contributed by atoms with E-state index in [-0.39, 0.29) is 11.2 Å². The fourth-order valence-electron chi connectivity index (χ4n) is 2.35. The van der Waals surface area contributed by atoms with Gasteiger partial charge in [0.1, 0.15) is 0 Å². The number of carbonyl (C=O) groups excluding carboxylic acids is 1. The highest BCUT2D eigenvalue weighted by Gasteiger charge is 2.21. The minimum Gasteiger partial charge on any atom is -0.352 e. The van der Waals surface area contributed by atoms with Crippen LogP contribution in [0.4, 0.5) is 0 Å². The number of aryl methyl sites for hydroxylation is 1. The van der Waals surface area contributed by atoms with Gasteiger partial charge in [-0.1, -0.05) is 17.7 Å². The van der Waals surface area contributed by atoms with Gasteiger partial charge < -0.3 is 10.2 Å². The quantitative estimate of drug-likeness (QED) is 0.866. The van der Waals surface area contributed by atoms with Gasteiger partial charge in [0.25, 0.3) is 0 Å². The van der Waals surface area contributed by atoms with Crippen molar-refractivity contribution >= 4 is 17.7 Å². The lowest BCUT2D eigenvalue weighted by Crippen LogP contribution is -2.45. The Morgan fingerprint density at radius 3 is 2.50 bits per heavy atom. The van der Waals surface area contributed by atoms with Crippen molar-refractivity contribution in [3.63, 3.8) is 0 Å².